The number of hydrogen-bond acceptors (Lipinski definition) is 6. The molecule has 3 rings (SSSR count). The van der Waals surface area contributed by atoms with E-state index in [1.54, 1.807) is 24.6 Å². The van der Waals surface area contributed by atoms with E-state index in [0.717, 1.165) is 17.0 Å². The summed E-state index contributed by atoms with van der Waals surface area (Å²) in [5.74, 6) is 0.646. The largest absolute Gasteiger partial charge is 0.497 e. The van der Waals surface area contributed by atoms with Gasteiger partial charge in [0.05, 0.1) is 13.3 Å². The summed E-state index contributed by atoms with van der Waals surface area (Å²) in [6, 6.07) is 9.55. The van der Waals surface area contributed by atoms with Crippen LogP contribution in [0.4, 0.5) is 10.8 Å². The lowest BCUT2D eigenvalue weighted by molar-refractivity contribution is 0.0955. The second kappa shape index (κ2) is 7.26. The van der Waals surface area contributed by atoms with E-state index in [4.69, 9.17) is 4.74 Å². The van der Waals surface area contributed by atoms with Crippen LogP contribution in [-0.4, -0.2) is 18.0 Å². The highest BCUT2D eigenvalue weighted by Gasteiger charge is 2.10. The van der Waals surface area contributed by atoms with Crippen LogP contribution in [0.5, 0.6) is 5.75 Å². The predicted molar refractivity (Wildman–Crippen MR) is 93.9 cm³/mol. The van der Waals surface area contributed by atoms with Crippen molar-refractivity contribution in [3.63, 3.8) is 0 Å². The maximum absolute atomic E-state index is 12.1. The number of amides is 1. The van der Waals surface area contributed by atoms with E-state index in [1.807, 2.05) is 41.1 Å². The molecule has 1 aromatic carbocycles. The number of hydrogen-bond donors (Lipinski definition) is 2. The summed E-state index contributed by atoms with van der Waals surface area (Å²) in [7, 11) is 1.62. The summed E-state index contributed by atoms with van der Waals surface area (Å²) in [5, 5.41) is 10.7. The lowest BCUT2D eigenvalue weighted by Crippen LogP contribution is -2.21. The van der Waals surface area contributed by atoms with Crippen LogP contribution in [0.25, 0.3) is 0 Å². The third-order valence-corrected chi connectivity index (χ3v) is 4.73. The topological polar surface area (TPSA) is 63.2 Å². The first kappa shape index (κ1) is 15.5. The van der Waals surface area contributed by atoms with E-state index >= 15 is 0 Å². The molecule has 0 aliphatic rings. The van der Waals surface area contributed by atoms with Crippen LogP contribution < -0.4 is 15.4 Å². The van der Waals surface area contributed by atoms with Crippen LogP contribution in [0.1, 0.15) is 15.2 Å². The molecule has 0 aliphatic heterocycles. The zero-order valence-electron chi connectivity index (χ0n) is 12.4. The third-order valence-electron chi connectivity index (χ3n) is 3.08. The van der Waals surface area contributed by atoms with Crippen LogP contribution in [0.3, 0.4) is 0 Å². The van der Waals surface area contributed by atoms with Gasteiger partial charge in [-0.25, -0.2) is 4.98 Å². The Hall–Kier alpha value is -2.38. The normalized spacial score (nSPS) is 10.3. The van der Waals surface area contributed by atoms with Gasteiger partial charge in [-0.05, 0) is 34.5 Å². The first-order chi connectivity index (χ1) is 11.2. The summed E-state index contributed by atoms with van der Waals surface area (Å²) < 4.78 is 5.18. The Labute approximate surface area is 142 Å². The molecule has 1 amide bonds. The molecule has 0 atom stereocenters. The average molecular weight is 345 g/mol. The van der Waals surface area contributed by atoms with Crippen molar-refractivity contribution in [2.45, 2.75) is 6.54 Å². The first-order valence-corrected chi connectivity index (χ1v) is 8.67. The minimum Gasteiger partial charge on any atom is -0.497 e. The smallest absolute Gasteiger partial charge is 0.263 e. The number of nitrogens with zero attached hydrogens (tertiary/aromatic N) is 1. The van der Waals surface area contributed by atoms with Gasteiger partial charge < -0.3 is 15.4 Å². The lowest BCUT2D eigenvalue weighted by Gasteiger charge is -2.04. The second-order valence-corrected chi connectivity index (χ2v) is 6.51. The van der Waals surface area contributed by atoms with Gasteiger partial charge in [-0.15, -0.1) is 0 Å². The number of carbonyl (C=O) groups is 1. The molecule has 0 saturated carbocycles. The van der Waals surface area contributed by atoms with Crippen molar-refractivity contribution in [1.82, 2.24) is 10.3 Å². The number of rotatable bonds is 6. The highest BCUT2D eigenvalue weighted by Crippen LogP contribution is 2.25. The second-order valence-electron chi connectivity index (χ2n) is 4.70. The summed E-state index contributed by atoms with van der Waals surface area (Å²) in [6.45, 7) is 0.527. The average Bonchev–Trinajstić information content (AvgIpc) is 3.24. The zero-order valence-corrected chi connectivity index (χ0v) is 14.0. The van der Waals surface area contributed by atoms with Crippen molar-refractivity contribution >= 4 is 39.4 Å². The summed E-state index contributed by atoms with van der Waals surface area (Å²) in [4.78, 5) is 16.9. The number of aromatic nitrogens is 1. The Balaban J connectivity index is 1.61. The van der Waals surface area contributed by atoms with Gasteiger partial charge >= 0.3 is 0 Å². The molecule has 0 fully saturated rings. The molecule has 2 N–H and O–H groups in total. The zero-order chi connectivity index (χ0) is 16.1. The number of methoxy groups -OCH3 is 1. The molecule has 0 bridgehead atoms. The third kappa shape index (κ3) is 4.08. The fourth-order valence-electron chi connectivity index (χ4n) is 1.92. The van der Waals surface area contributed by atoms with Crippen LogP contribution >= 0.6 is 22.7 Å². The molecule has 118 valence electrons. The minimum absolute atomic E-state index is 0.118. The lowest BCUT2D eigenvalue weighted by atomic mass is 10.3. The van der Waals surface area contributed by atoms with E-state index < -0.39 is 0 Å². The van der Waals surface area contributed by atoms with Gasteiger partial charge in [0.15, 0.2) is 5.13 Å². The molecule has 7 heteroatoms. The number of thiophene rings is 1. The van der Waals surface area contributed by atoms with Gasteiger partial charge in [0, 0.05) is 18.3 Å². The van der Waals surface area contributed by atoms with Crippen molar-refractivity contribution in [3.8, 4) is 5.75 Å². The van der Waals surface area contributed by atoms with Gasteiger partial charge in [-0.1, -0.05) is 17.4 Å². The predicted octanol–water partition coefficient (Wildman–Crippen LogP) is 3.89. The van der Waals surface area contributed by atoms with E-state index in [2.05, 4.69) is 15.6 Å². The molecule has 0 unspecified atom stereocenters. The maximum Gasteiger partial charge on any atom is 0.263 e. The molecule has 2 aromatic heterocycles. The van der Waals surface area contributed by atoms with Crippen LogP contribution in [-0.2, 0) is 6.54 Å². The Bertz CT molecular complexity index is 784. The Morgan fingerprint density at radius 1 is 1.35 bits per heavy atom. The van der Waals surface area contributed by atoms with Crippen LogP contribution in [0.2, 0.25) is 0 Å². The highest BCUT2D eigenvalue weighted by molar-refractivity contribution is 7.17. The van der Waals surface area contributed by atoms with Gasteiger partial charge in [-0.2, -0.15) is 11.3 Å². The van der Waals surface area contributed by atoms with E-state index in [1.165, 1.54) is 11.3 Å². The molecule has 3 aromatic rings. The molecule has 0 saturated heterocycles. The molecule has 23 heavy (non-hydrogen) atoms. The number of benzene rings is 1. The van der Waals surface area contributed by atoms with Crippen molar-refractivity contribution < 1.29 is 9.53 Å². The molecule has 0 aliphatic carbocycles. The first-order valence-electron chi connectivity index (χ1n) is 6.91. The van der Waals surface area contributed by atoms with E-state index in [9.17, 15) is 4.79 Å². The molecule has 5 nitrogen and oxygen atoms in total. The number of ether oxygens (including phenoxy) is 1. The quantitative estimate of drug-likeness (QED) is 0.711. The van der Waals surface area contributed by atoms with Crippen molar-refractivity contribution in [3.05, 3.63) is 57.7 Å². The number of carbonyl (C=O) groups excluding carboxylic acids is 1. The molecular weight excluding hydrogens is 330 g/mol. The molecule has 0 radical (unpaired) electrons. The highest BCUT2D eigenvalue weighted by atomic mass is 32.1. The Kier molecular flexibility index (Phi) is 4.89. The SMILES string of the molecule is COc1cccc(Nc2ncc(C(=O)NCc3ccsc3)s2)c1. The molecule has 0 spiro atoms. The monoisotopic (exact) mass is 345 g/mol. The summed E-state index contributed by atoms with van der Waals surface area (Å²) in [6.07, 6.45) is 1.58. The Morgan fingerprint density at radius 3 is 3.04 bits per heavy atom. The van der Waals surface area contributed by atoms with Crippen molar-refractivity contribution in [2.75, 3.05) is 12.4 Å². The van der Waals surface area contributed by atoms with Gasteiger partial charge in [-0.3, -0.25) is 4.79 Å². The summed E-state index contributed by atoms with van der Waals surface area (Å²) >= 11 is 2.93. The van der Waals surface area contributed by atoms with Gasteiger partial charge in [0.25, 0.3) is 5.91 Å². The van der Waals surface area contributed by atoms with Gasteiger partial charge in [0.1, 0.15) is 10.6 Å². The van der Waals surface area contributed by atoms with Crippen LogP contribution in [0, 0.1) is 0 Å². The minimum atomic E-state index is -0.118. The number of nitrogens with one attached hydrogen (secondary N) is 2. The molecular formula is C16H15N3O2S2. The van der Waals surface area contributed by atoms with Crippen LogP contribution in [0.15, 0.2) is 47.3 Å². The van der Waals surface area contributed by atoms with E-state index in [-0.39, 0.29) is 5.91 Å². The van der Waals surface area contributed by atoms with Gasteiger partial charge in [0.2, 0.25) is 0 Å². The fraction of sp³-hybridized carbons (Fsp3) is 0.125. The number of thiazole rings is 1. The van der Waals surface area contributed by atoms with E-state index in [0.29, 0.717) is 16.6 Å². The maximum atomic E-state index is 12.1. The molecule has 2 heterocycles. The Morgan fingerprint density at radius 2 is 2.26 bits per heavy atom. The standard InChI is InChI=1S/C16H15N3O2S2/c1-21-13-4-2-3-12(7-13)19-16-18-9-14(23-16)15(20)17-8-11-5-6-22-10-11/h2-7,9-10H,8H2,1H3,(H,17,20)(H,18,19). The van der Waals surface area contributed by atoms with Crippen molar-refractivity contribution in [2.24, 2.45) is 0 Å². The number of anilines is 2. The van der Waals surface area contributed by atoms with Crippen molar-refractivity contribution in [1.29, 1.82) is 0 Å². The summed E-state index contributed by atoms with van der Waals surface area (Å²) in [5.41, 5.74) is 1.96. The fourth-order valence-corrected chi connectivity index (χ4v) is 3.35.